The average molecular weight is 327 g/mol. The zero-order valence-electron chi connectivity index (χ0n) is 11.6. The minimum absolute atomic E-state index is 0.0544. The molecule has 106 valence electrons. The molecule has 4 heteroatoms. The van der Waals surface area contributed by atoms with Crippen molar-refractivity contribution in [1.82, 2.24) is 4.90 Å². The summed E-state index contributed by atoms with van der Waals surface area (Å²) in [4.78, 5) is 2.48. The highest BCUT2D eigenvalue weighted by molar-refractivity contribution is 9.10. The van der Waals surface area contributed by atoms with E-state index in [2.05, 4.69) is 20.8 Å². The quantitative estimate of drug-likeness (QED) is 0.901. The van der Waals surface area contributed by atoms with Gasteiger partial charge >= 0.3 is 0 Å². The van der Waals surface area contributed by atoms with Crippen LogP contribution in [0.4, 0.5) is 0 Å². The Labute approximate surface area is 124 Å². The fourth-order valence-electron chi connectivity index (χ4n) is 2.39. The molecular formula is C15H23BrN2O. The lowest BCUT2D eigenvalue weighted by atomic mass is 10.1. The molecule has 2 rings (SSSR count). The van der Waals surface area contributed by atoms with Crippen LogP contribution in [0.3, 0.4) is 0 Å². The highest BCUT2D eigenvalue weighted by Gasteiger charge is 2.10. The summed E-state index contributed by atoms with van der Waals surface area (Å²) in [6, 6.07) is 6.13. The van der Waals surface area contributed by atoms with Crippen LogP contribution in [0.5, 0.6) is 5.75 Å². The van der Waals surface area contributed by atoms with Crippen molar-refractivity contribution in [2.45, 2.75) is 32.2 Å². The van der Waals surface area contributed by atoms with Gasteiger partial charge in [0.1, 0.15) is 12.4 Å². The van der Waals surface area contributed by atoms with Crippen molar-refractivity contribution in [3.8, 4) is 5.75 Å². The van der Waals surface area contributed by atoms with E-state index in [0.29, 0.717) is 0 Å². The van der Waals surface area contributed by atoms with Crippen LogP contribution >= 0.6 is 15.9 Å². The minimum Gasteiger partial charge on any atom is -0.491 e. The van der Waals surface area contributed by atoms with Gasteiger partial charge in [-0.3, -0.25) is 4.90 Å². The zero-order chi connectivity index (χ0) is 13.7. The van der Waals surface area contributed by atoms with Crippen molar-refractivity contribution in [3.63, 3.8) is 0 Å². The maximum Gasteiger partial charge on any atom is 0.133 e. The van der Waals surface area contributed by atoms with Crippen LogP contribution in [0.25, 0.3) is 0 Å². The van der Waals surface area contributed by atoms with E-state index in [9.17, 15) is 0 Å². The molecule has 1 fully saturated rings. The van der Waals surface area contributed by atoms with Crippen LogP contribution in [0, 0.1) is 0 Å². The second kappa shape index (κ2) is 7.27. The Bertz CT molecular complexity index is 403. The highest BCUT2D eigenvalue weighted by atomic mass is 79.9. The third-order valence-corrected chi connectivity index (χ3v) is 4.22. The Hall–Kier alpha value is -0.580. The Balaban J connectivity index is 1.82. The first kappa shape index (κ1) is 14.8. The molecule has 1 aliphatic heterocycles. The van der Waals surface area contributed by atoms with Crippen LogP contribution < -0.4 is 10.5 Å². The zero-order valence-corrected chi connectivity index (χ0v) is 13.2. The van der Waals surface area contributed by atoms with E-state index in [1.165, 1.54) is 32.4 Å². The molecule has 2 N–H and O–H groups in total. The molecule has 1 aliphatic rings. The van der Waals surface area contributed by atoms with Crippen molar-refractivity contribution < 1.29 is 4.74 Å². The fourth-order valence-corrected chi connectivity index (χ4v) is 2.90. The average Bonchev–Trinajstić information content (AvgIpc) is 2.41. The van der Waals surface area contributed by atoms with Crippen LogP contribution in [-0.2, 0) is 0 Å². The van der Waals surface area contributed by atoms with Gasteiger partial charge in [-0.1, -0.05) is 12.5 Å². The smallest absolute Gasteiger partial charge is 0.133 e. The molecule has 1 aromatic rings. The normalized spacial score (nSPS) is 18.3. The van der Waals surface area contributed by atoms with Crippen molar-refractivity contribution in [1.29, 1.82) is 0 Å². The lowest BCUT2D eigenvalue weighted by molar-refractivity contribution is 0.183. The molecule has 1 atom stereocenters. The lowest BCUT2D eigenvalue weighted by Gasteiger charge is -2.26. The van der Waals surface area contributed by atoms with Crippen molar-refractivity contribution in [3.05, 3.63) is 28.2 Å². The van der Waals surface area contributed by atoms with Crippen LogP contribution in [0.15, 0.2) is 22.7 Å². The molecule has 0 amide bonds. The van der Waals surface area contributed by atoms with Gasteiger partial charge in [0.15, 0.2) is 0 Å². The van der Waals surface area contributed by atoms with E-state index < -0.39 is 0 Å². The Kier molecular flexibility index (Phi) is 5.67. The number of hydrogen-bond acceptors (Lipinski definition) is 3. The summed E-state index contributed by atoms with van der Waals surface area (Å²) in [6.45, 7) is 6.18. The van der Waals surface area contributed by atoms with E-state index >= 15 is 0 Å². The largest absolute Gasteiger partial charge is 0.491 e. The maximum atomic E-state index is 5.86. The Morgan fingerprint density at radius 2 is 2.05 bits per heavy atom. The summed E-state index contributed by atoms with van der Waals surface area (Å²) in [5.41, 5.74) is 6.98. The van der Waals surface area contributed by atoms with Gasteiger partial charge in [-0.05, 0) is 66.5 Å². The SMILES string of the molecule is C[C@@H](N)c1ccc(OCCN2CCCCC2)c(Br)c1. The third-order valence-electron chi connectivity index (χ3n) is 3.60. The van der Waals surface area contributed by atoms with Gasteiger partial charge < -0.3 is 10.5 Å². The van der Waals surface area contributed by atoms with E-state index in [4.69, 9.17) is 10.5 Å². The van der Waals surface area contributed by atoms with Crippen LogP contribution in [-0.4, -0.2) is 31.1 Å². The summed E-state index contributed by atoms with van der Waals surface area (Å²) < 4.78 is 6.83. The number of ether oxygens (including phenoxy) is 1. The molecule has 0 bridgehead atoms. The van der Waals surface area contributed by atoms with Crippen LogP contribution in [0.2, 0.25) is 0 Å². The minimum atomic E-state index is 0.0544. The number of piperidine rings is 1. The second-order valence-corrected chi connectivity index (χ2v) is 6.08. The molecule has 0 unspecified atom stereocenters. The second-order valence-electron chi connectivity index (χ2n) is 5.23. The van der Waals surface area contributed by atoms with E-state index in [1.54, 1.807) is 0 Å². The number of hydrogen-bond donors (Lipinski definition) is 1. The van der Waals surface area contributed by atoms with Gasteiger partial charge in [0.2, 0.25) is 0 Å². The van der Waals surface area contributed by atoms with Gasteiger partial charge in [0, 0.05) is 12.6 Å². The molecule has 0 saturated carbocycles. The maximum absolute atomic E-state index is 5.86. The molecule has 0 aromatic heterocycles. The molecule has 1 aromatic carbocycles. The predicted octanol–water partition coefficient (Wildman–Crippen LogP) is 3.33. The standard InChI is InChI=1S/C15H23BrN2O/c1-12(17)13-5-6-15(14(16)11-13)19-10-9-18-7-3-2-4-8-18/h5-6,11-12H,2-4,7-10,17H2,1H3/t12-/m1/s1. The topological polar surface area (TPSA) is 38.5 Å². The number of rotatable bonds is 5. The van der Waals surface area contributed by atoms with Crippen molar-refractivity contribution >= 4 is 15.9 Å². The van der Waals surface area contributed by atoms with Crippen molar-refractivity contribution in [2.75, 3.05) is 26.2 Å². The molecule has 0 spiro atoms. The Morgan fingerprint density at radius 3 is 2.68 bits per heavy atom. The molecule has 1 saturated heterocycles. The molecule has 19 heavy (non-hydrogen) atoms. The lowest BCUT2D eigenvalue weighted by Crippen LogP contribution is -2.33. The van der Waals surface area contributed by atoms with Gasteiger partial charge in [-0.25, -0.2) is 0 Å². The third kappa shape index (κ3) is 4.48. The van der Waals surface area contributed by atoms with Crippen molar-refractivity contribution in [2.24, 2.45) is 5.73 Å². The van der Waals surface area contributed by atoms with E-state index in [-0.39, 0.29) is 6.04 Å². The summed E-state index contributed by atoms with van der Waals surface area (Å²) >= 11 is 3.55. The van der Waals surface area contributed by atoms with E-state index in [1.807, 2.05) is 25.1 Å². The number of halogens is 1. The van der Waals surface area contributed by atoms with Gasteiger partial charge in [0.05, 0.1) is 4.47 Å². The van der Waals surface area contributed by atoms with Gasteiger partial charge in [-0.15, -0.1) is 0 Å². The number of nitrogens with zero attached hydrogens (tertiary/aromatic N) is 1. The summed E-state index contributed by atoms with van der Waals surface area (Å²) in [7, 11) is 0. The number of likely N-dealkylation sites (tertiary alicyclic amines) is 1. The predicted molar refractivity (Wildman–Crippen MR) is 82.5 cm³/mol. The first-order chi connectivity index (χ1) is 9.16. The molecule has 1 heterocycles. The molecular weight excluding hydrogens is 304 g/mol. The van der Waals surface area contributed by atoms with Gasteiger partial charge in [-0.2, -0.15) is 0 Å². The first-order valence-corrected chi connectivity index (χ1v) is 7.86. The summed E-state index contributed by atoms with van der Waals surface area (Å²) in [5, 5.41) is 0. The molecule has 0 aliphatic carbocycles. The summed E-state index contributed by atoms with van der Waals surface area (Å²) in [5.74, 6) is 0.904. The summed E-state index contributed by atoms with van der Waals surface area (Å²) in [6.07, 6.45) is 4.03. The van der Waals surface area contributed by atoms with E-state index in [0.717, 1.165) is 28.9 Å². The monoisotopic (exact) mass is 326 g/mol. The molecule has 0 radical (unpaired) electrons. The van der Waals surface area contributed by atoms with Gasteiger partial charge in [0.25, 0.3) is 0 Å². The number of benzene rings is 1. The Morgan fingerprint density at radius 1 is 1.32 bits per heavy atom. The highest BCUT2D eigenvalue weighted by Crippen LogP contribution is 2.27. The fraction of sp³-hybridized carbons (Fsp3) is 0.600. The first-order valence-electron chi connectivity index (χ1n) is 7.07. The number of nitrogens with two attached hydrogens (primary N) is 1. The molecule has 3 nitrogen and oxygen atoms in total. The van der Waals surface area contributed by atoms with Crippen LogP contribution in [0.1, 0.15) is 37.8 Å².